The van der Waals surface area contributed by atoms with Gasteiger partial charge in [-0.2, -0.15) is 0 Å². The van der Waals surface area contributed by atoms with E-state index in [0.717, 1.165) is 0 Å². The van der Waals surface area contributed by atoms with Gasteiger partial charge in [0.25, 0.3) is 0 Å². The molecule has 2 aromatic carbocycles. The van der Waals surface area contributed by atoms with E-state index < -0.39 is 0 Å². The lowest BCUT2D eigenvalue weighted by atomic mass is 10.0. The maximum absolute atomic E-state index is 12.3. The van der Waals surface area contributed by atoms with E-state index in [2.05, 4.69) is 0 Å². The van der Waals surface area contributed by atoms with Gasteiger partial charge < -0.3 is 4.74 Å². The summed E-state index contributed by atoms with van der Waals surface area (Å²) >= 11 is 0. The summed E-state index contributed by atoms with van der Waals surface area (Å²) in [7, 11) is 0. The normalized spacial score (nSPS) is 10.5. The molecule has 0 atom stereocenters. The molecule has 0 heterocycles. The molecule has 0 aliphatic heterocycles. The highest BCUT2D eigenvalue weighted by Crippen LogP contribution is 2.21. The standard InChI is InChI=1S/C16H14O2/c1-2-12-18-15-11-7-6-10-14(15)16(17)13-8-4-3-5-9-13/h2-12H,1H3. The highest BCUT2D eigenvalue weighted by molar-refractivity contribution is 6.10. The summed E-state index contributed by atoms with van der Waals surface area (Å²) in [6.07, 6.45) is 3.35. The van der Waals surface area contributed by atoms with Gasteiger partial charge in [-0.15, -0.1) is 0 Å². The molecular formula is C16H14O2. The van der Waals surface area contributed by atoms with Crippen molar-refractivity contribution in [2.75, 3.05) is 0 Å². The number of allylic oxidation sites excluding steroid dienone is 1. The van der Waals surface area contributed by atoms with Crippen molar-refractivity contribution < 1.29 is 9.53 Å². The average molecular weight is 238 g/mol. The van der Waals surface area contributed by atoms with Gasteiger partial charge in [0.1, 0.15) is 5.75 Å². The molecule has 90 valence electrons. The van der Waals surface area contributed by atoms with E-state index in [0.29, 0.717) is 16.9 Å². The van der Waals surface area contributed by atoms with Gasteiger partial charge >= 0.3 is 0 Å². The number of rotatable bonds is 4. The van der Waals surface area contributed by atoms with Crippen molar-refractivity contribution >= 4 is 5.78 Å². The number of ether oxygens (including phenoxy) is 1. The van der Waals surface area contributed by atoms with Crippen molar-refractivity contribution in [3.8, 4) is 5.75 Å². The Morgan fingerprint density at radius 3 is 2.39 bits per heavy atom. The highest BCUT2D eigenvalue weighted by Gasteiger charge is 2.13. The minimum Gasteiger partial charge on any atom is -0.465 e. The second-order valence-corrected chi connectivity index (χ2v) is 3.78. The zero-order chi connectivity index (χ0) is 12.8. The van der Waals surface area contributed by atoms with E-state index in [-0.39, 0.29) is 5.78 Å². The van der Waals surface area contributed by atoms with Gasteiger partial charge in [-0.3, -0.25) is 4.79 Å². The molecule has 0 amide bonds. The van der Waals surface area contributed by atoms with E-state index in [1.807, 2.05) is 37.3 Å². The number of para-hydroxylation sites is 1. The smallest absolute Gasteiger partial charge is 0.196 e. The lowest BCUT2D eigenvalue weighted by molar-refractivity contribution is 0.103. The van der Waals surface area contributed by atoms with Crippen molar-refractivity contribution in [2.45, 2.75) is 6.92 Å². The van der Waals surface area contributed by atoms with E-state index >= 15 is 0 Å². The van der Waals surface area contributed by atoms with Crippen LogP contribution in [0.4, 0.5) is 0 Å². The summed E-state index contributed by atoms with van der Waals surface area (Å²) in [4.78, 5) is 12.3. The second-order valence-electron chi connectivity index (χ2n) is 3.78. The van der Waals surface area contributed by atoms with Crippen molar-refractivity contribution in [1.82, 2.24) is 0 Å². The summed E-state index contributed by atoms with van der Waals surface area (Å²) < 4.78 is 5.43. The maximum Gasteiger partial charge on any atom is 0.196 e. The van der Waals surface area contributed by atoms with Crippen LogP contribution in [-0.2, 0) is 0 Å². The molecule has 0 bridgehead atoms. The topological polar surface area (TPSA) is 26.3 Å². The summed E-state index contributed by atoms with van der Waals surface area (Å²) in [6, 6.07) is 16.4. The molecule has 0 fully saturated rings. The molecule has 0 aliphatic rings. The van der Waals surface area contributed by atoms with Crippen LogP contribution in [0, 0.1) is 0 Å². The SMILES string of the molecule is CC=COc1ccccc1C(=O)c1ccccc1. The zero-order valence-corrected chi connectivity index (χ0v) is 10.2. The molecule has 0 saturated heterocycles. The summed E-state index contributed by atoms with van der Waals surface area (Å²) in [5.41, 5.74) is 1.23. The van der Waals surface area contributed by atoms with E-state index in [1.54, 1.807) is 36.6 Å². The van der Waals surface area contributed by atoms with Crippen molar-refractivity contribution in [3.63, 3.8) is 0 Å². The fraction of sp³-hybridized carbons (Fsp3) is 0.0625. The number of hydrogen-bond donors (Lipinski definition) is 0. The first-order valence-corrected chi connectivity index (χ1v) is 5.79. The van der Waals surface area contributed by atoms with E-state index in [1.165, 1.54) is 0 Å². The number of hydrogen-bond acceptors (Lipinski definition) is 2. The van der Waals surface area contributed by atoms with Gasteiger partial charge in [0.2, 0.25) is 0 Å². The molecule has 0 radical (unpaired) electrons. The number of ketones is 1. The lowest BCUT2D eigenvalue weighted by Gasteiger charge is -2.07. The van der Waals surface area contributed by atoms with Crippen LogP contribution in [0.15, 0.2) is 66.9 Å². The Morgan fingerprint density at radius 2 is 1.67 bits per heavy atom. The van der Waals surface area contributed by atoms with Gasteiger partial charge in [0.15, 0.2) is 5.78 Å². The predicted molar refractivity (Wildman–Crippen MR) is 71.8 cm³/mol. The molecule has 0 aromatic heterocycles. The van der Waals surface area contributed by atoms with Crippen LogP contribution in [0.25, 0.3) is 0 Å². The van der Waals surface area contributed by atoms with Crippen molar-refractivity contribution in [1.29, 1.82) is 0 Å². The van der Waals surface area contributed by atoms with Gasteiger partial charge in [-0.25, -0.2) is 0 Å². The Bertz CT molecular complexity index is 556. The first-order chi connectivity index (χ1) is 8.83. The third kappa shape index (κ3) is 2.66. The molecule has 2 heteroatoms. The predicted octanol–water partition coefficient (Wildman–Crippen LogP) is 3.83. The molecule has 0 spiro atoms. The molecule has 2 rings (SSSR count). The maximum atomic E-state index is 12.3. The third-order valence-electron chi connectivity index (χ3n) is 2.50. The minimum absolute atomic E-state index is 0.0318. The Hall–Kier alpha value is -2.35. The summed E-state index contributed by atoms with van der Waals surface area (Å²) in [6.45, 7) is 1.86. The Balaban J connectivity index is 2.36. The summed E-state index contributed by atoms with van der Waals surface area (Å²) in [5, 5.41) is 0. The third-order valence-corrected chi connectivity index (χ3v) is 2.50. The number of carbonyl (C=O) groups excluding carboxylic acids is 1. The van der Waals surface area contributed by atoms with Gasteiger partial charge in [-0.05, 0) is 19.1 Å². The molecule has 2 nitrogen and oxygen atoms in total. The lowest BCUT2D eigenvalue weighted by Crippen LogP contribution is -2.03. The molecule has 0 aliphatic carbocycles. The van der Waals surface area contributed by atoms with Crippen LogP contribution in [0.2, 0.25) is 0 Å². The molecule has 0 unspecified atom stereocenters. The zero-order valence-electron chi connectivity index (χ0n) is 10.2. The highest BCUT2D eigenvalue weighted by atomic mass is 16.5. The Labute approximate surface area is 107 Å². The van der Waals surface area contributed by atoms with Crippen LogP contribution in [0.5, 0.6) is 5.75 Å². The summed E-state index contributed by atoms with van der Waals surface area (Å²) in [5.74, 6) is 0.542. The fourth-order valence-electron chi connectivity index (χ4n) is 1.64. The molecule has 18 heavy (non-hydrogen) atoms. The van der Waals surface area contributed by atoms with Gasteiger partial charge in [0, 0.05) is 5.56 Å². The van der Waals surface area contributed by atoms with Gasteiger partial charge in [0.05, 0.1) is 11.8 Å². The van der Waals surface area contributed by atoms with Crippen LogP contribution in [0.1, 0.15) is 22.8 Å². The average Bonchev–Trinajstić information content (AvgIpc) is 2.45. The first-order valence-electron chi connectivity index (χ1n) is 5.79. The quantitative estimate of drug-likeness (QED) is 0.597. The Kier molecular flexibility index (Phi) is 3.92. The second kappa shape index (κ2) is 5.82. The van der Waals surface area contributed by atoms with Gasteiger partial charge in [-0.1, -0.05) is 48.5 Å². The van der Waals surface area contributed by atoms with Crippen LogP contribution in [-0.4, -0.2) is 5.78 Å². The van der Waals surface area contributed by atoms with E-state index in [9.17, 15) is 4.79 Å². The van der Waals surface area contributed by atoms with Crippen molar-refractivity contribution in [2.24, 2.45) is 0 Å². The van der Waals surface area contributed by atoms with Crippen LogP contribution < -0.4 is 4.74 Å². The number of benzene rings is 2. The molecular weight excluding hydrogens is 224 g/mol. The first kappa shape index (κ1) is 12.1. The monoisotopic (exact) mass is 238 g/mol. The Morgan fingerprint density at radius 1 is 1.00 bits per heavy atom. The van der Waals surface area contributed by atoms with Crippen molar-refractivity contribution in [3.05, 3.63) is 78.1 Å². The minimum atomic E-state index is -0.0318. The molecule has 0 saturated carbocycles. The molecule has 0 N–H and O–H groups in total. The van der Waals surface area contributed by atoms with Crippen LogP contribution in [0.3, 0.4) is 0 Å². The largest absolute Gasteiger partial charge is 0.465 e. The number of carbonyl (C=O) groups is 1. The fourth-order valence-corrected chi connectivity index (χ4v) is 1.64. The van der Waals surface area contributed by atoms with E-state index in [4.69, 9.17) is 4.74 Å². The molecule has 2 aromatic rings. The van der Waals surface area contributed by atoms with Crippen LogP contribution >= 0.6 is 0 Å².